The van der Waals surface area contributed by atoms with E-state index in [0.29, 0.717) is 0 Å². The Labute approximate surface area is 72.7 Å². The molecule has 1 aromatic heterocycles. The molecule has 1 rings (SSSR count). The van der Waals surface area contributed by atoms with Crippen LogP contribution in [0.15, 0.2) is 9.13 Å². The van der Waals surface area contributed by atoms with Crippen molar-refractivity contribution in [3.05, 3.63) is 15.9 Å². The van der Waals surface area contributed by atoms with E-state index in [4.69, 9.17) is 0 Å². The Morgan fingerprint density at radius 2 is 2.08 bits per heavy atom. The van der Waals surface area contributed by atoms with E-state index in [1.807, 2.05) is 0 Å². The number of carbonyl (C=O) groups is 1. The molecule has 0 radical (unpaired) electrons. The van der Waals surface area contributed by atoms with Crippen LogP contribution in [0.4, 0.5) is 13.2 Å². The molecule has 0 bridgehead atoms. The number of alkyl halides is 3. The van der Waals surface area contributed by atoms with Crippen LogP contribution in [0.2, 0.25) is 0 Å². The van der Waals surface area contributed by atoms with Gasteiger partial charge >= 0.3 is 6.18 Å². The molecule has 0 aliphatic heterocycles. The second-order valence-corrected chi connectivity index (χ2v) is 2.58. The van der Waals surface area contributed by atoms with Gasteiger partial charge in [0.15, 0.2) is 10.9 Å². The zero-order valence-corrected chi connectivity index (χ0v) is 6.94. The van der Waals surface area contributed by atoms with Gasteiger partial charge in [0, 0.05) is 0 Å². The Kier molecular flexibility index (Phi) is 2.22. The summed E-state index contributed by atoms with van der Waals surface area (Å²) in [5.74, 6) is -1.38. The second-order valence-electron chi connectivity index (χ2n) is 1.83. The molecule has 0 fully saturated rings. The molecular formula is C5HBrF3NO2. The van der Waals surface area contributed by atoms with Crippen LogP contribution in [0.25, 0.3) is 0 Å². The van der Waals surface area contributed by atoms with E-state index in [1.54, 1.807) is 0 Å². The minimum Gasteiger partial charge on any atom is -0.350 e. The van der Waals surface area contributed by atoms with Gasteiger partial charge in [0.05, 0.1) is 0 Å². The number of hydrogen-bond acceptors (Lipinski definition) is 3. The summed E-state index contributed by atoms with van der Waals surface area (Å²) in [6.45, 7) is 0. The second kappa shape index (κ2) is 2.89. The first-order valence-corrected chi connectivity index (χ1v) is 3.43. The molecule has 7 heteroatoms. The zero-order valence-electron chi connectivity index (χ0n) is 5.35. The number of carbonyl (C=O) groups excluding carboxylic acids is 1. The average Bonchev–Trinajstić information content (AvgIpc) is 2.29. The molecule has 1 aromatic rings. The third kappa shape index (κ3) is 1.50. The lowest BCUT2D eigenvalue weighted by molar-refractivity contribution is -0.155. The van der Waals surface area contributed by atoms with Gasteiger partial charge in [-0.3, -0.25) is 4.79 Å². The molecule has 0 saturated heterocycles. The summed E-state index contributed by atoms with van der Waals surface area (Å²) < 4.78 is 39.5. The minimum atomic E-state index is -4.69. The number of hydrogen-bond donors (Lipinski definition) is 0. The van der Waals surface area contributed by atoms with Crippen molar-refractivity contribution < 1.29 is 22.5 Å². The summed E-state index contributed by atoms with van der Waals surface area (Å²) in [5, 5.41) is 2.94. The Morgan fingerprint density at radius 1 is 1.50 bits per heavy atom. The normalized spacial score (nSPS) is 11.7. The molecule has 3 nitrogen and oxygen atoms in total. The van der Waals surface area contributed by atoms with Crippen molar-refractivity contribution in [1.29, 1.82) is 0 Å². The maximum atomic E-state index is 11.9. The van der Waals surface area contributed by atoms with Gasteiger partial charge in [0.2, 0.25) is 0 Å². The van der Waals surface area contributed by atoms with Gasteiger partial charge in [-0.15, -0.1) is 0 Å². The van der Waals surface area contributed by atoms with E-state index in [1.165, 1.54) is 0 Å². The van der Waals surface area contributed by atoms with Crippen molar-refractivity contribution >= 4 is 22.2 Å². The Hall–Kier alpha value is -0.850. The van der Waals surface area contributed by atoms with Crippen LogP contribution in [-0.4, -0.2) is 11.4 Å². The monoisotopic (exact) mass is 243 g/mol. The quantitative estimate of drug-likeness (QED) is 0.711. The van der Waals surface area contributed by atoms with Crippen molar-refractivity contribution in [2.45, 2.75) is 6.18 Å². The van der Waals surface area contributed by atoms with Crippen molar-refractivity contribution in [3.63, 3.8) is 0 Å². The van der Waals surface area contributed by atoms with Crippen molar-refractivity contribution in [2.75, 3.05) is 0 Å². The number of halogens is 4. The molecule has 0 saturated carbocycles. The van der Waals surface area contributed by atoms with Gasteiger partial charge in [-0.05, 0) is 15.9 Å². The number of nitrogens with zero attached hydrogens (tertiary/aromatic N) is 1. The van der Waals surface area contributed by atoms with E-state index in [2.05, 4.69) is 25.6 Å². The fourth-order valence-corrected chi connectivity index (χ4v) is 0.930. The van der Waals surface area contributed by atoms with Crippen molar-refractivity contribution in [1.82, 2.24) is 5.16 Å². The molecule has 0 unspecified atom stereocenters. The topological polar surface area (TPSA) is 43.1 Å². The van der Waals surface area contributed by atoms with Gasteiger partial charge in [-0.1, -0.05) is 5.16 Å². The Morgan fingerprint density at radius 3 is 2.42 bits per heavy atom. The molecule has 0 N–H and O–H groups in total. The van der Waals surface area contributed by atoms with Gasteiger partial charge in [0.1, 0.15) is 5.56 Å². The molecule has 0 aliphatic rings. The lowest BCUT2D eigenvalue weighted by atomic mass is 10.3. The molecule has 0 aromatic carbocycles. The van der Waals surface area contributed by atoms with Gasteiger partial charge in [0.25, 0.3) is 5.76 Å². The summed E-state index contributed by atoms with van der Waals surface area (Å²) in [6, 6.07) is 0. The molecule has 0 aliphatic carbocycles. The summed E-state index contributed by atoms with van der Waals surface area (Å²) in [6.07, 6.45) is -4.65. The van der Waals surface area contributed by atoms with Gasteiger partial charge in [-0.25, -0.2) is 0 Å². The fourth-order valence-electron chi connectivity index (χ4n) is 0.584. The van der Waals surface area contributed by atoms with E-state index in [9.17, 15) is 18.0 Å². The van der Waals surface area contributed by atoms with Crippen LogP contribution in [0.1, 0.15) is 16.1 Å². The molecular weight excluding hydrogens is 243 g/mol. The van der Waals surface area contributed by atoms with Crippen LogP contribution in [0, 0.1) is 0 Å². The summed E-state index contributed by atoms with van der Waals surface area (Å²) in [4.78, 5) is 10.1. The predicted octanol–water partition coefficient (Wildman–Crippen LogP) is 2.27. The molecule has 0 spiro atoms. The molecule has 12 heavy (non-hydrogen) atoms. The largest absolute Gasteiger partial charge is 0.453 e. The summed E-state index contributed by atoms with van der Waals surface area (Å²) >= 11 is 2.63. The minimum absolute atomic E-state index is 0.0312. The Bertz CT molecular complexity index is 306. The zero-order chi connectivity index (χ0) is 9.35. The molecule has 1 heterocycles. The van der Waals surface area contributed by atoms with Crippen LogP contribution in [0.5, 0.6) is 0 Å². The van der Waals surface area contributed by atoms with E-state index >= 15 is 0 Å². The number of aromatic nitrogens is 1. The highest BCUT2D eigenvalue weighted by Crippen LogP contribution is 2.33. The van der Waals surface area contributed by atoms with Crippen LogP contribution >= 0.6 is 15.9 Å². The summed E-state index contributed by atoms with van der Waals surface area (Å²) in [5.41, 5.74) is -0.623. The standard InChI is InChI=1S/C5HBrF3NO2/c6-4-2(1-11)3(12-10-4)5(7,8)9/h1H. The highest BCUT2D eigenvalue weighted by atomic mass is 79.9. The van der Waals surface area contributed by atoms with Crippen LogP contribution in [-0.2, 0) is 6.18 Å². The highest BCUT2D eigenvalue weighted by Gasteiger charge is 2.39. The van der Waals surface area contributed by atoms with E-state index in [0.717, 1.165) is 0 Å². The maximum absolute atomic E-state index is 11.9. The molecule has 0 atom stereocenters. The maximum Gasteiger partial charge on any atom is 0.453 e. The number of rotatable bonds is 1. The highest BCUT2D eigenvalue weighted by molar-refractivity contribution is 9.10. The van der Waals surface area contributed by atoms with Crippen molar-refractivity contribution in [3.8, 4) is 0 Å². The smallest absolute Gasteiger partial charge is 0.350 e. The first-order chi connectivity index (χ1) is 5.46. The van der Waals surface area contributed by atoms with Crippen molar-refractivity contribution in [2.24, 2.45) is 0 Å². The SMILES string of the molecule is O=Cc1c(Br)noc1C(F)(F)F. The third-order valence-corrected chi connectivity index (χ3v) is 1.63. The summed E-state index contributed by atoms with van der Waals surface area (Å²) in [7, 11) is 0. The fraction of sp³-hybridized carbons (Fsp3) is 0.200. The van der Waals surface area contributed by atoms with Crippen LogP contribution in [0.3, 0.4) is 0 Å². The van der Waals surface area contributed by atoms with E-state index < -0.39 is 17.5 Å². The lowest BCUT2D eigenvalue weighted by Gasteiger charge is -1.99. The molecule has 0 amide bonds. The van der Waals surface area contributed by atoms with E-state index in [-0.39, 0.29) is 10.9 Å². The van der Waals surface area contributed by atoms with Gasteiger partial charge < -0.3 is 4.52 Å². The predicted molar refractivity (Wildman–Crippen MR) is 34.6 cm³/mol. The molecule has 66 valence electrons. The lowest BCUT2D eigenvalue weighted by Crippen LogP contribution is -2.06. The Balaban J connectivity index is 3.25. The first kappa shape index (κ1) is 9.24. The third-order valence-electron chi connectivity index (χ3n) is 1.06. The number of aldehydes is 1. The van der Waals surface area contributed by atoms with Crippen LogP contribution < -0.4 is 0 Å². The first-order valence-electron chi connectivity index (χ1n) is 2.64. The van der Waals surface area contributed by atoms with Gasteiger partial charge in [-0.2, -0.15) is 13.2 Å². The average molecular weight is 244 g/mol.